The third kappa shape index (κ3) is 3.94. The predicted octanol–water partition coefficient (Wildman–Crippen LogP) is 3.83. The second kappa shape index (κ2) is 7.97. The fourth-order valence-electron chi connectivity index (χ4n) is 2.45. The van der Waals surface area contributed by atoms with Crippen LogP contribution < -0.4 is 5.32 Å². The number of aryl methyl sites for hydroxylation is 1. The molecule has 0 bridgehead atoms. The Morgan fingerprint density at radius 3 is 2.81 bits per heavy atom. The van der Waals surface area contributed by atoms with Crippen molar-refractivity contribution >= 4 is 29.3 Å². The van der Waals surface area contributed by atoms with Crippen LogP contribution in [0, 0.1) is 6.92 Å². The molecule has 1 N–H and O–H groups in total. The van der Waals surface area contributed by atoms with Crippen LogP contribution in [0.4, 0.5) is 0 Å². The number of carbonyl (C=O) groups is 1. The lowest BCUT2D eigenvalue weighted by Gasteiger charge is -2.12. The monoisotopic (exact) mass is 390 g/mol. The van der Waals surface area contributed by atoms with Gasteiger partial charge in [-0.05, 0) is 31.5 Å². The predicted molar refractivity (Wildman–Crippen MR) is 102 cm³/mol. The van der Waals surface area contributed by atoms with Gasteiger partial charge in [-0.15, -0.1) is 10.2 Å². The lowest BCUT2D eigenvalue weighted by molar-refractivity contribution is -0.120. The smallest absolute Gasteiger partial charge is 0.233 e. The number of carbonyl (C=O) groups excluding carboxylic acids is 1. The number of hydrogen-bond donors (Lipinski definition) is 1. The zero-order valence-electron chi connectivity index (χ0n) is 14.7. The van der Waals surface area contributed by atoms with Crippen molar-refractivity contribution in [2.45, 2.75) is 30.8 Å². The summed E-state index contributed by atoms with van der Waals surface area (Å²) >= 11 is 7.47. The molecule has 136 valence electrons. The van der Waals surface area contributed by atoms with E-state index in [0.29, 0.717) is 22.5 Å². The number of nitrogens with zero attached hydrogens (tertiary/aromatic N) is 3. The van der Waals surface area contributed by atoms with Crippen molar-refractivity contribution < 1.29 is 9.21 Å². The van der Waals surface area contributed by atoms with Crippen LogP contribution >= 0.6 is 23.4 Å². The molecule has 0 spiro atoms. The van der Waals surface area contributed by atoms with Gasteiger partial charge in [-0.25, -0.2) is 0 Å². The molecule has 2 heterocycles. The molecule has 0 radical (unpaired) electrons. The van der Waals surface area contributed by atoms with E-state index in [9.17, 15) is 4.79 Å². The Labute approximate surface area is 160 Å². The molecule has 8 heteroatoms. The van der Waals surface area contributed by atoms with Gasteiger partial charge in [0, 0.05) is 18.6 Å². The van der Waals surface area contributed by atoms with Crippen LogP contribution in [0.25, 0.3) is 11.4 Å². The number of hydrogen-bond acceptors (Lipinski definition) is 5. The fraction of sp³-hybridized carbons (Fsp3) is 0.278. The van der Waals surface area contributed by atoms with Gasteiger partial charge in [0.2, 0.25) is 5.91 Å². The summed E-state index contributed by atoms with van der Waals surface area (Å²) in [5.41, 5.74) is 1.78. The van der Waals surface area contributed by atoms with Crippen LogP contribution in [0.15, 0.2) is 46.2 Å². The summed E-state index contributed by atoms with van der Waals surface area (Å²) in [6, 6.07) is 9.31. The van der Waals surface area contributed by atoms with Crippen molar-refractivity contribution in [3.8, 4) is 11.4 Å². The minimum Gasteiger partial charge on any atom is -0.469 e. The van der Waals surface area contributed by atoms with Gasteiger partial charge >= 0.3 is 0 Å². The molecule has 0 unspecified atom stereocenters. The van der Waals surface area contributed by atoms with Gasteiger partial charge in [0.25, 0.3) is 0 Å². The summed E-state index contributed by atoms with van der Waals surface area (Å²) in [5, 5.41) is 12.3. The van der Waals surface area contributed by atoms with Crippen molar-refractivity contribution in [1.82, 2.24) is 20.1 Å². The molecule has 0 saturated heterocycles. The number of rotatable bonds is 6. The lowest BCUT2D eigenvalue weighted by Crippen LogP contribution is -2.30. The SMILES string of the molecule is Cc1occc1-c1nnc(S[C@H](C)C(=O)NCc2ccccc2Cl)n1C. The van der Waals surface area contributed by atoms with E-state index in [-0.39, 0.29) is 11.2 Å². The number of furan rings is 1. The highest BCUT2D eigenvalue weighted by Gasteiger charge is 2.20. The number of thioether (sulfide) groups is 1. The number of halogens is 1. The summed E-state index contributed by atoms with van der Waals surface area (Å²) < 4.78 is 7.18. The second-order valence-electron chi connectivity index (χ2n) is 5.82. The molecule has 1 amide bonds. The van der Waals surface area contributed by atoms with Gasteiger partial charge in [0.1, 0.15) is 5.76 Å². The average Bonchev–Trinajstić information content (AvgIpc) is 3.20. The van der Waals surface area contributed by atoms with Crippen LogP contribution in [0.1, 0.15) is 18.2 Å². The maximum absolute atomic E-state index is 12.4. The molecule has 0 aliphatic rings. The summed E-state index contributed by atoms with van der Waals surface area (Å²) in [7, 11) is 1.87. The number of amides is 1. The highest BCUT2D eigenvalue weighted by atomic mass is 35.5. The summed E-state index contributed by atoms with van der Waals surface area (Å²) in [6.07, 6.45) is 1.62. The average molecular weight is 391 g/mol. The number of benzene rings is 1. The van der Waals surface area contributed by atoms with Crippen LogP contribution in [-0.2, 0) is 18.4 Å². The first kappa shape index (κ1) is 18.5. The Kier molecular flexibility index (Phi) is 5.68. The zero-order valence-corrected chi connectivity index (χ0v) is 16.3. The van der Waals surface area contributed by atoms with Gasteiger partial charge in [0.15, 0.2) is 11.0 Å². The van der Waals surface area contributed by atoms with E-state index in [4.69, 9.17) is 16.0 Å². The van der Waals surface area contributed by atoms with E-state index in [1.807, 2.05) is 49.7 Å². The van der Waals surface area contributed by atoms with E-state index in [1.54, 1.807) is 12.3 Å². The molecule has 0 saturated carbocycles. The molecule has 0 fully saturated rings. The normalized spacial score (nSPS) is 12.2. The molecule has 6 nitrogen and oxygen atoms in total. The first-order chi connectivity index (χ1) is 12.5. The van der Waals surface area contributed by atoms with Gasteiger partial charge < -0.3 is 14.3 Å². The van der Waals surface area contributed by atoms with E-state index in [1.165, 1.54) is 11.8 Å². The van der Waals surface area contributed by atoms with Gasteiger partial charge in [-0.2, -0.15) is 0 Å². The highest BCUT2D eigenvalue weighted by molar-refractivity contribution is 8.00. The Hall–Kier alpha value is -2.25. The Balaban J connectivity index is 1.64. The van der Waals surface area contributed by atoms with Crippen molar-refractivity contribution in [2.75, 3.05) is 0 Å². The molecule has 3 rings (SSSR count). The highest BCUT2D eigenvalue weighted by Crippen LogP contribution is 2.28. The van der Waals surface area contributed by atoms with E-state index < -0.39 is 0 Å². The third-order valence-corrected chi connectivity index (χ3v) is 5.50. The molecule has 0 aliphatic carbocycles. The molecule has 0 aliphatic heterocycles. The fourth-order valence-corrected chi connectivity index (χ4v) is 3.49. The molecule has 1 atom stereocenters. The maximum Gasteiger partial charge on any atom is 0.233 e. The van der Waals surface area contributed by atoms with Gasteiger partial charge in [-0.1, -0.05) is 41.6 Å². The summed E-state index contributed by atoms with van der Waals surface area (Å²) in [6.45, 7) is 4.10. The summed E-state index contributed by atoms with van der Waals surface area (Å²) in [5.74, 6) is 1.41. The van der Waals surface area contributed by atoms with Gasteiger partial charge in [-0.3, -0.25) is 4.79 Å². The molecular formula is C18H19ClN4O2S. The zero-order chi connectivity index (χ0) is 18.7. The molecular weight excluding hydrogens is 372 g/mol. The van der Waals surface area contributed by atoms with Crippen LogP contribution in [0.5, 0.6) is 0 Å². The summed E-state index contributed by atoms with van der Waals surface area (Å²) in [4.78, 5) is 12.4. The van der Waals surface area contributed by atoms with E-state index >= 15 is 0 Å². The Bertz CT molecular complexity index is 922. The van der Waals surface area contributed by atoms with Crippen LogP contribution in [-0.4, -0.2) is 25.9 Å². The van der Waals surface area contributed by atoms with Crippen molar-refractivity contribution in [3.63, 3.8) is 0 Å². The lowest BCUT2D eigenvalue weighted by atomic mass is 10.2. The maximum atomic E-state index is 12.4. The molecule has 2 aromatic heterocycles. The minimum absolute atomic E-state index is 0.0843. The number of aromatic nitrogens is 3. The standard InChI is InChI=1S/C18H19ClN4O2S/c1-11-14(8-9-25-11)16-21-22-18(23(16)3)26-12(2)17(24)20-10-13-6-4-5-7-15(13)19/h4-9,12H,10H2,1-3H3,(H,20,24)/t12-/m1/s1. The van der Waals surface area contributed by atoms with Gasteiger partial charge in [0.05, 0.1) is 17.1 Å². The van der Waals surface area contributed by atoms with Crippen LogP contribution in [0.3, 0.4) is 0 Å². The van der Waals surface area contributed by atoms with E-state index in [2.05, 4.69) is 15.5 Å². The minimum atomic E-state index is -0.321. The third-order valence-electron chi connectivity index (χ3n) is 4.00. The molecule has 1 aromatic carbocycles. The largest absolute Gasteiger partial charge is 0.469 e. The first-order valence-electron chi connectivity index (χ1n) is 8.09. The Morgan fingerprint density at radius 1 is 1.35 bits per heavy atom. The number of nitrogens with one attached hydrogen (secondary N) is 1. The quantitative estimate of drug-likeness (QED) is 0.647. The van der Waals surface area contributed by atoms with Crippen molar-refractivity contribution in [3.05, 3.63) is 52.9 Å². The first-order valence-corrected chi connectivity index (χ1v) is 9.34. The van der Waals surface area contributed by atoms with Crippen molar-refractivity contribution in [2.24, 2.45) is 7.05 Å². The van der Waals surface area contributed by atoms with Crippen LogP contribution in [0.2, 0.25) is 5.02 Å². The topological polar surface area (TPSA) is 72.9 Å². The Morgan fingerprint density at radius 2 is 2.12 bits per heavy atom. The van der Waals surface area contributed by atoms with E-state index in [0.717, 1.165) is 16.9 Å². The molecule has 26 heavy (non-hydrogen) atoms. The second-order valence-corrected chi connectivity index (χ2v) is 7.54. The van der Waals surface area contributed by atoms with Crippen molar-refractivity contribution in [1.29, 1.82) is 0 Å². The molecule has 3 aromatic rings.